The van der Waals surface area contributed by atoms with Gasteiger partial charge in [0, 0.05) is 24.1 Å². The number of aryl methyl sites for hydroxylation is 2. The van der Waals surface area contributed by atoms with Gasteiger partial charge in [0.2, 0.25) is 0 Å². The highest BCUT2D eigenvalue weighted by atomic mass is 32.2. The van der Waals surface area contributed by atoms with Crippen molar-refractivity contribution in [2.24, 2.45) is 7.05 Å². The molecule has 0 fully saturated rings. The van der Waals surface area contributed by atoms with Crippen LogP contribution in [-0.2, 0) is 13.5 Å². The minimum Gasteiger partial charge on any atom is -0.392 e. The molecule has 1 aromatic heterocycles. The molecule has 1 heterocycles. The molecule has 0 spiro atoms. The van der Waals surface area contributed by atoms with Crippen molar-refractivity contribution in [2.75, 3.05) is 5.75 Å². The van der Waals surface area contributed by atoms with Crippen molar-refractivity contribution in [3.63, 3.8) is 0 Å². The molecule has 18 heavy (non-hydrogen) atoms. The van der Waals surface area contributed by atoms with Crippen LogP contribution < -0.4 is 0 Å². The van der Waals surface area contributed by atoms with E-state index >= 15 is 0 Å². The summed E-state index contributed by atoms with van der Waals surface area (Å²) in [6, 6.07) is 8.29. The van der Waals surface area contributed by atoms with Crippen molar-refractivity contribution >= 4 is 11.8 Å². The molecule has 1 atom stereocenters. The largest absolute Gasteiger partial charge is 0.392 e. The van der Waals surface area contributed by atoms with Gasteiger partial charge >= 0.3 is 0 Å². The topological polar surface area (TPSA) is 50.9 Å². The maximum absolute atomic E-state index is 9.97. The smallest absolute Gasteiger partial charge is 0.138 e. The summed E-state index contributed by atoms with van der Waals surface area (Å²) in [5.74, 6) is 1.48. The van der Waals surface area contributed by atoms with E-state index in [0.717, 1.165) is 5.82 Å². The lowest BCUT2D eigenvalue weighted by Crippen LogP contribution is -2.16. The van der Waals surface area contributed by atoms with Crippen molar-refractivity contribution < 1.29 is 5.11 Å². The predicted octanol–water partition coefficient (Wildman–Crippen LogP) is 1.82. The van der Waals surface area contributed by atoms with E-state index in [1.165, 1.54) is 16.8 Å². The van der Waals surface area contributed by atoms with Crippen molar-refractivity contribution in [3.8, 4) is 0 Å². The van der Waals surface area contributed by atoms with Gasteiger partial charge in [0.25, 0.3) is 0 Å². The highest BCUT2D eigenvalue weighted by Crippen LogP contribution is 2.20. The third-order valence-electron chi connectivity index (χ3n) is 2.66. The summed E-state index contributed by atoms with van der Waals surface area (Å²) in [6.45, 7) is 2.07. The van der Waals surface area contributed by atoms with E-state index in [9.17, 15) is 5.11 Å². The van der Waals surface area contributed by atoms with Crippen LogP contribution in [0.15, 0.2) is 35.5 Å². The second-order valence-corrected chi connectivity index (χ2v) is 5.38. The van der Waals surface area contributed by atoms with Gasteiger partial charge in [-0.3, -0.25) is 4.68 Å². The Balaban J connectivity index is 1.85. The lowest BCUT2D eigenvalue weighted by atomic mass is 10.2. The van der Waals surface area contributed by atoms with Gasteiger partial charge in [0.15, 0.2) is 0 Å². The predicted molar refractivity (Wildman–Crippen MR) is 72.6 cm³/mol. The average molecular weight is 263 g/mol. The van der Waals surface area contributed by atoms with Gasteiger partial charge in [-0.15, -0.1) is 11.8 Å². The van der Waals surface area contributed by atoms with Crippen molar-refractivity contribution in [2.45, 2.75) is 24.3 Å². The first-order chi connectivity index (χ1) is 8.65. The van der Waals surface area contributed by atoms with Crippen LogP contribution in [0.25, 0.3) is 0 Å². The molecule has 0 bridgehead atoms. The van der Waals surface area contributed by atoms with Crippen molar-refractivity contribution in [1.82, 2.24) is 14.8 Å². The van der Waals surface area contributed by atoms with E-state index in [-0.39, 0.29) is 0 Å². The van der Waals surface area contributed by atoms with Crippen LogP contribution in [0.2, 0.25) is 0 Å². The van der Waals surface area contributed by atoms with Crippen LogP contribution in [0.4, 0.5) is 0 Å². The van der Waals surface area contributed by atoms with Crippen molar-refractivity contribution in [3.05, 3.63) is 42.0 Å². The van der Waals surface area contributed by atoms with Gasteiger partial charge in [-0.1, -0.05) is 17.7 Å². The lowest BCUT2D eigenvalue weighted by Gasteiger charge is -2.09. The van der Waals surface area contributed by atoms with E-state index in [4.69, 9.17) is 0 Å². The van der Waals surface area contributed by atoms with Gasteiger partial charge < -0.3 is 5.11 Å². The number of thioether (sulfide) groups is 1. The number of aliphatic hydroxyl groups excluding tert-OH is 1. The second kappa shape index (κ2) is 6.02. The molecule has 0 radical (unpaired) electrons. The standard InChI is InChI=1S/C13H17N3OS/c1-10-4-3-5-12(6-10)18-8-11(17)7-13-14-9-15-16(13)2/h3-6,9,11,17H,7-8H2,1-2H3. The Morgan fingerprint density at radius 3 is 2.94 bits per heavy atom. The minimum atomic E-state index is -0.404. The highest BCUT2D eigenvalue weighted by Gasteiger charge is 2.10. The molecule has 2 rings (SSSR count). The van der Waals surface area contributed by atoms with E-state index in [1.54, 1.807) is 16.4 Å². The Morgan fingerprint density at radius 1 is 1.44 bits per heavy atom. The molecule has 0 aliphatic heterocycles. The molecule has 0 saturated heterocycles. The Labute approximate surface area is 111 Å². The van der Waals surface area contributed by atoms with Crippen LogP contribution >= 0.6 is 11.8 Å². The van der Waals surface area contributed by atoms with Crippen molar-refractivity contribution in [1.29, 1.82) is 0 Å². The van der Waals surface area contributed by atoms with Gasteiger partial charge in [-0.2, -0.15) is 5.10 Å². The second-order valence-electron chi connectivity index (χ2n) is 4.29. The van der Waals surface area contributed by atoms with Gasteiger partial charge in [-0.25, -0.2) is 4.98 Å². The molecule has 0 aliphatic rings. The van der Waals surface area contributed by atoms with Crippen LogP contribution in [0.5, 0.6) is 0 Å². The van der Waals surface area contributed by atoms with Gasteiger partial charge in [-0.05, 0) is 19.1 Å². The average Bonchev–Trinajstić information content (AvgIpc) is 2.73. The molecule has 0 aliphatic carbocycles. The number of benzene rings is 1. The quantitative estimate of drug-likeness (QED) is 0.836. The fraction of sp³-hybridized carbons (Fsp3) is 0.385. The summed E-state index contributed by atoms with van der Waals surface area (Å²) < 4.78 is 1.69. The monoisotopic (exact) mass is 263 g/mol. The molecule has 1 N–H and O–H groups in total. The molecule has 96 valence electrons. The lowest BCUT2D eigenvalue weighted by molar-refractivity contribution is 0.196. The third kappa shape index (κ3) is 3.58. The van der Waals surface area contributed by atoms with Crippen LogP contribution in [0, 0.1) is 6.92 Å². The fourth-order valence-corrected chi connectivity index (χ4v) is 2.62. The number of hydrogen-bond acceptors (Lipinski definition) is 4. The van der Waals surface area contributed by atoms with E-state index in [2.05, 4.69) is 35.2 Å². The minimum absolute atomic E-state index is 0.404. The zero-order valence-corrected chi connectivity index (χ0v) is 11.4. The number of rotatable bonds is 5. The molecule has 1 unspecified atom stereocenters. The zero-order valence-electron chi connectivity index (χ0n) is 10.6. The summed E-state index contributed by atoms with van der Waals surface area (Å²) in [7, 11) is 1.84. The van der Waals surface area contributed by atoms with E-state index in [0.29, 0.717) is 12.2 Å². The highest BCUT2D eigenvalue weighted by molar-refractivity contribution is 7.99. The summed E-state index contributed by atoms with van der Waals surface area (Å²) in [6.07, 6.45) is 1.64. The maximum atomic E-state index is 9.97. The van der Waals surface area contributed by atoms with E-state index < -0.39 is 6.10 Å². The summed E-state index contributed by atoms with van der Waals surface area (Å²) in [5.41, 5.74) is 1.24. The Bertz CT molecular complexity index is 512. The van der Waals surface area contributed by atoms with Crippen LogP contribution in [0.3, 0.4) is 0 Å². The Kier molecular flexibility index (Phi) is 4.38. The Morgan fingerprint density at radius 2 is 2.28 bits per heavy atom. The molecule has 1 aromatic carbocycles. The Hall–Kier alpha value is -1.33. The zero-order chi connectivity index (χ0) is 13.0. The number of nitrogens with zero attached hydrogens (tertiary/aromatic N) is 3. The number of aromatic nitrogens is 3. The maximum Gasteiger partial charge on any atom is 0.138 e. The van der Waals surface area contributed by atoms with Crippen LogP contribution in [0.1, 0.15) is 11.4 Å². The molecule has 0 amide bonds. The first-order valence-electron chi connectivity index (χ1n) is 5.85. The fourth-order valence-electron chi connectivity index (χ4n) is 1.67. The molecular formula is C13H17N3OS. The normalized spacial score (nSPS) is 12.6. The van der Waals surface area contributed by atoms with Crippen LogP contribution in [-0.4, -0.2) is 31.7 Å². The molecule has 0 saturated carbocycles. The van der Waals surface area contributed by atoms with E-state index in [1.807, 2.05) is 13.1 Å². The first-order valence-corrected chi connectivity index (χ1v) is 6.84. The summed E-state index contributed by atoms with van der Waals surface area (Å²) in [5, 5.41) is 14.0. The van der Waals surface area contributed by atoms with Gasteiger partial charge in [0.05, 0.1) is 6.10 Å². The summed E-state index contributed by atoms with van der Waals surface area (Å²) in [4.78, 5) is 5.29. The first kappa shape index (κ1) is 13.1. The number of aliphatic hydroxyl groups is 1. The SMILES string of the molecule is Cc1cccc(SCC(O)Cc2ncnn2C)c1. The molecule has 4 nitrogen and oxygen atoms in total. The molecule has 2 aromatic rings. The number of hydrogen-bond donors (Lipinski definition) is 1. The molecular weight excluding hydrogens is 246 g/mol. The van der Waals surface area contributed by atoms with Gasteiger partial charge in [0.1, 0.15) is 12.2 Å². The third-order valence-corrected chi connectivity index (χ3v) is 3.79. The molecule has 5 heteroatoms. The summed E-state index contributed by atoms with van der Waals surface area (Å²) >= 11 is 1.66.